The number of hydrogen-bond acceptors (Lipinski definition) is 10. The van der Waals surface area contributed by atoms with Gasteiger partial charge in [0.15, 0.2) is 11.8 Å². The zero-order valence-electron chi connectivity index (χ0n) is 34.1. The number of esters is 1. The molecule has 6 rings (SSSR count). The van der Waals surface area contributed by atoms with E-state index in [1.54, 1.807) is 32.3 Å². The Morgan fingerprint density at radius 1 is 0.947 bits per heavy atom. The number of ether oxygens (including phenoxy) is 3. The van der Waals surface area contributed by atoms with E-state index in [0.717, 1.165) is 55.2 Å². The van der Waals surface area contributed by atoms with E-state index < -0.39 is 65.5 Å². The van der Waals surface area contributed by atoms with Crippen molar-refractivity contribution in [1.82, 2.24) is 20.2 Å². The van der Waals surface area contributed by atoms with Gasteiger partial charge in [0.25, 0.3) is 0 Å². The van der Waals surface area contributed by atoms with Gasteiger partial charge in [-0.05, 0) is 35.6 Å². The van der Waals surface area contributed by atoms with Gasteiger partial charge in [0.2, 0.25) is 17.7 Å². The van der Waals surface area contributed by atoms with Crippen molar-refractivity contribution in [2.75, 3.05) is 34.3 Å². The maximum absolute atomic E-state index is 15.6. The van der Waals surface area contributed by atoms with Gasteiger partial charge in [-0.15, -0.1) is 0 Å². The molecule has 4 fully saturated rings. The molecule has 7 atom stereocenters. The highest BCUT2D eigenvalue weighted by molar-refractivity contribution is 5.96. The molecule has 1 aliphatic carbocycles. The summed E-state index contributed by atoms with van der Waals surface area (Å²) in [5.41, 5.74) is 0.861. The molecule has 2 aromatic carbocycles. The largest absolute Gasteiger partial charge is 0.458 e. The van der Waals surface area contributed by atoms with E-state index in [9.17, 15) is 19.5 Å². The summed E-state index contributed by atoms with van der Waals surface area (Å²) in [6, 6.07) is 14.8. The van der Waals surface area contributed by atoms with Gasteiger partial charge in [0.05, 0.1) is 13.2 Å². The number of unbranched alkanes of at least 4 members (excludes halogenated alkanes) is 4. The van der Waals surface area contributed by atoms with E-state index in [1.807, 2.05) is 54.6 Å². The van der Waals surface area contributed by atoms with Gasteiger partial charge in [-0.2, -0.15) is 5.06 Å². The average molecular weight is 789 g/mol. The Bertz CT molecular complexity index is 1740. The second kappa shape index (κ2) is 18.6. The number of carbonyl (C=O) groups excluding carboxylic acids is 4. The molecule has 13 nitrogen and oxygen atoms in total. The summed E-state index contributed by atoms with van der Waals surface area (Å²) in [6.45, 7) is 4.16. The minimum absolute atomic E-state index is 0.0227. The monoisotopic (exact) mass is 788 g/mol. The van der Waals surface area contributed by atoms with Gasteiger partial charge in [-0.1, -0.05) is 94.1 Å². The molecule has 13 heteroatoms. The van der Waals surface area contributed by atoms with Crippen LogP contribution in [0.3, 0.4) is 0 Å². The first kappa shape index (κ1) is 42.5. The molecule has 3 saturated heterocycles. The van der Waals surface area contributed by atoms with Gasteiger partial charge >= 0.3 is 5.97 Å². The lowest BCUT2D eigenvalue weighted by Gasteiger charge is -2.50. The fourth-order valence-electron chi connectivity index (χ4n) is 9.01. The maximum Gasteiger partial charge on any atom is 0.327 e. The summed E-state index contributed by atoms with van der Waals surface area (Å²) in [4.78, 5) is 66.2. The van der Waals surface area contributed by atoms with E-state index >= 15 is 4.79 Å². The summed E-state index contributed by atoms with van der Waals surface area (Å²) in [5, 5.41) is 13.9. The molecule has 0 radical (unpaired) electrons. The van der Waals surface area contributed by atoms with E-state index in [-0.39, 0.29) is 38.4 Å². The zero-order valence-corrected chi connectivity index (χ0v) is 34.1. The highest BCUT2D eigenvalue weighted by Crippen LogP contribution is 2.58. The smallest absolute Gasteiger partial charge is 0.327 e. The van der Waals surface area contributed by atoms with Crippen molar-refractivity contribution in [1.29, 1.82) is 0 Å². The summed E-state index contributed by atoms with van der Waals surface area (Å²) in [6.07, 6.45) is 7.60. The number of amides is 3. The SMILES string of the molecule is CCCCCC1(CCCCC)O[C@@H]2[C@H](O1)[C@H]1ON(Cc3ccccc3C=CC(=O)N(C)C)[C@H]3C(=O)O[C@@H]2C[C@@]13C(=O)N(C)[C@H](Cc1ccccc1)C(=O)NCCO. The molecule has 3 amide bonds. The van der Waals surface area contributed by atoms with Crippen molar-refractivity contribution in [2.24, 2.45) is 5.41 Å². The average Bonchev–Trinajstić information content (AvgIpc) is 3.76. The number of hydrogen-bond donors (Lipinski definition) is 2. The number of carbonyl (C=O) groups is 4. The number of fused-ring (bicyclic) bond motifs is 4. The number of aliphatic hydroxyl groups excluding tert-OH is 1. The Labute approximate surface area is 336 Å². The molecule has 4 aliphatic rings. The lowest BCUT2D eigenvalue weighted by atomic mass is 9.62. The lowest BCUT2D eigenvalue weighted by molar-refractivity contribution is -0.225. The van der Waals surface area contributed by atoms with Crippen LogP contribution in [0.4, 0.5) is 0 Å². The Morgan fingerprint density at radius 2 is 1.61 bits per heavy atom. The van der Waals surface area contributed by atoms with Crippen LogP contribution in [-0.4, -0.2) is 120 Å². The third-order valence-electron chi connectivity index (χ3n) is 12.0. The first-order valence-corrected chi connectivity index (χ1v) is 20.6. The molecule has 2 aromatic rings. The Kier molecular flexibility index (Phi) is 13.9. The van der Waals surface area contributed by atoms with Crippen LogP contribution in [0.1, 0.15) is 88.3 Å². The van der Waals surface area contributed by atoms with Crippen LogP contribution in [0.15, 0.2) is 60.7 Å². The van der Waals surface area contributed by atoms with Crippen LogP contribution in [-0.2, 0) is 51.2 Å². The number of nitrogens with one attached hydrogen (secondary N) is 1. The van der Waals surface area contributed by atoms with E-state index in [2.05, 4.69) is 19.2 Å². The van der Waals surface area contributed by atoms with Crippen molar-refractivity contribution < 1.29 is 43.3 Å². The Morgan fingerprint density at radius 3 is 2.28 bits per heavy atom. The third-order valence-corrected chi connectivity index (χ3v) is 12.0. The Hall–Kier alpha value is -4.14. The number of likely N-dealkylation sites (N-methyl/N-ethyl adjacent to an activating group) is 2. The minimum Gasteiger partial charge on any atom is -0.458 e. The van der Waals surface area contributed by atoms with Crippen molar-refractivity contribution in [2.45, 2.75) is 127 Å². The normalized spacial score (nSPS) is 26.5. The molecule has 310 valence electrons. The molecule has 57 heavy (non-hydrogen) atoms. The van der Waals surface area contributed by atoms with Crippen LogP contribution in [0.2, 0.25) is 0 Å². The Balaban J connectivity index is 1.42. The van der Waals surface area contributed by atoms with E-state index in [4.69, 9.17) is 19.0 Å². The summed E-state index contributed by atoms with van der Waals surface area (Å²) in [5.74, 6) is -2.56. The molecule has 0 spiro atoms. The fourth-order valence-corrected chi connectivity index (χ4v) is 9.01. The van der Waals surface area contributed by atoms with Gasteiger partial charge in [-0.25, -0.2) is 0 Å². The molecular weight excluding hydrogens is 729 g/mol. The molecule has 3 aliphatic heterocycles. The number of benzene rings is 2. The van der Waals surface area contributed by atoms with Gasteiger partial charge in [0, 0.05) is 59.4 Å². The van der Waals surface area contributed by atoms with Crippen LogP contribution in [0.25, 0.3) is 6.08 Å². The second-order valence-corrected chi connectivity index (χ2v) is 16.1. The highest BCUT2D eigenvalue weighted by Gasteiger charge is 2.76. The predicted molar refractivity (Wildman–Crippen MR) is 213 cm³/mol. The second-order valence-electron chi connectivity index (χ2n) is 16.1. The van der Waals surface area contributed by atoms with Gasteiger partial charge in [-0.3, -0.25) is 24.0 Å². The molecule has 0 aromatic heterocycles. The molecule has 2 bridgehead atoms. The number of nitrogens with zero attached hydrogens (tertiary/aromatic N) is 3. The first-order valence-electron chi connectivity index (χ1n) is 20.6. The van der Waals surface area contributed by atoms with Crippen molar-refractivity contribution in [3.63, 3.8) is 0 Å². The molecule has 3 heterocycles. The first-order chi connectivity index (χ1) is 27.5. The summed E-state index contributed by atoms with van der Waals surface area (Å²) >= 11 is 0. The standard InChI is InChI=1S/C44H60N4O9/c1-6-8-15-23-43(24-16-9-7-2)55-36-34-28-44(42(53)47(5)33(40(51)45-25-26-49)27-30-17-11-10-12-18-30)38(41(52)54-34)48(57-39(44)37(36)56-43)29-32-20-14-13-19-31(32)21-22-35(50)46(3)4/h10-14,17-22,33-34,36-39,49H,6-9,15-16,23-29H2,1-5H3,(H,45,51)/t33-,34-,36+,37+,38+,39-,44+/m1/s1. The van der Waals surface area contributed by atoms with Gasteiger partial charge < -0.3 is 34.4 Å². The molecule has 2 N–H and O–H groups in total. The van der Waals surface area contributed by atoms with Crippen LogP contribution < -0.4 is 5.32 Å². The fraction of sp³-hybridized carbons (Fsp3) is 0.591. The molecule has 1 saturated carbocycles. The number of rotatable bonds is 19. The predicted octanol–water partition coefficient (Wildman–Crippen LogP) is 4.41. The third kappa shape index (κ3) is 8.83. The number of aliphatic hydroxyl groups is 1. The van der Waals surface area contributed by atoms with Crippen molar-refractivity contribution >= 4 is 29.8 Å². The lowest BCUT2D eigenvalue weighted by Crippen LogP contribution is -2.70. The quantitative estimate of drug-likeness (QED) is 0.119. The van der Waals surface area contributed by atoms with Gasteiger partial charge in [0.1, 0.15) is 35.9 Å². The van der Waals surface area contributed by atoms with E-state index in [1.165, 1.54) is 15.9 Å². The summed E-state index contributed by atoms with van der Waals surface area (Å²) < 4.78 is 20.2. The van der Waals surface area contributed by atoms with E-state index in [0.29, 0.717) is 12.8 Å². The zero-order chi connectivity index (χ0) is 40.7. The molecular formula is C44H60N4O9. The van der Waals surface area contributed by atoms with Crippen LogP contribution >= 0.6 is 0 Å². The molecule has 0 unspecified atom stereocenters. The van der Waals surface area contributed by atoms with Crippen LogP contribution in [0.5, 0.6) is 0 Å². The van der Waals surface area contributed by atoms with Crippen LogP contribution in [0, 0.1) is 5.41 Å². The number of hydroxylamine groups is 2. The van der Waals surface area contributed by atoms with Crippen molar-refractivity contribution in [3.05, 3.63) is 77.4 Å². The van der Waals surface area contributed by atoms with Crippen molar-refractivity contribution in [3.8, 4) is 0 Å². The maximum atomic E-state index is 15.6. The minimum atomic E-state index is -1.50. The topological polar surface area (TPSA) is 147 Å². The highest BCUT2D eigenvalue weighted by atomic mass is 16.8. The summed E-state index contributed by atoms with van der Waals surface area (Å²) in [7, 11) is 4.96.